The average Bonchev–Trinajstić information content (AvgIpc) is 3.19. The Kier molecular flexibility index (Phi) is 6.95. The van der Waals surface area contributed by atoms with Crippen molar-refractivity contribution in [1.29, 1.82) is 0 Å². The molecule has 0 fully saturated rings. The van der Waals surface area contributed by atoms with Gasteiger partial charge < -0.3 is 5.32 Å². The fourth-order valence-corrected chi connectivity index (χ4v) is 4.36. The highest BCUT2D eigenvalue weighted by molar-refractivity contribution is 7.98. The van der Waals surface area contributed by atoms with Crippen molar-refractivity contribution in [3.63, 3.8) is 0 Å². The Morgan fingerprint density at radius 1 is 1.03 bits per heavy atom. The number of carbonyl (C=O) groups is 1. The normalized spacial score (nSPS) is 10.9. The number of nitrogens with one attached hydrogen (secondary N) is 1. The number of amides is 1. The maximum Gasteiger partial charge on any atom is 0.278 e. The molecule has 0 saturated heterocycles. The van der Waals surface area contributed by atoms with Gasteiger partial charge in [0.2, 0.25) is 0 Å². The molecule has 0 aliphatic heterocycles. The quantitative estimate of drug-likeness (QED) is 0.260. The second-order valence-corrected chi connectivity index (χ2v) is 8.91. The summed E-state index contributed by atoms with van der Waals surface area (Å²) < 4.78 is 1.54. The lowest BCUT2D eigenvalue weighted by Crippen LogP contribution is -2.16. The summed E-state index contributed by atoms with van der Waals surface area (Å²) in [6, 6.07) is 12.0. The Labute approximate surface area is 203 Å². The van der Waals surface area contributed by atoms with Crippen molar-refractivity contribution in [3.05, 3.63) is 86.9 Å². The van der Waals surface area contributed by atoms with E-state index in [0.717, 1.165) is 5.56 Å². The smallest absolute Gasteiger partial charge is 0.278 e. The first kappa shape index (κ1) is 22.5. The molecular weight excluding hydrogens is 491 g/mol. The third-order valence-electron chi connectivity index (χ3n) is 4.40. The fourth-order valence-electron chi connectivity index (χ4n) is 2.88. The molecule has 4 aromatic rings. The van der Waals surface area contributed by atoms with Crippen molar-refractivity contribution in [2.75, 3.05) is 5.32 Å². The Morgan fingerprint density at radius 3 is 2.47 bits per heavy atom. The van der Waals surface area contributed by atoms with Crippen LogP contribution in [0.25, 0.3) is 5.69 Å². The standard InChI is InChI=1S/C21H15Cl3N6OS/c1-12-3-4-13(22)10-17(12)27-20(31)19-18(11-32-21-25-5-2-6-26-21)30(29-28-19)16-8-14(23)7-15(24)9-16/h2-10H,11H2,1H3,(H,27,31). The molecule has 0 radical (unpaired) electrons. The van der Waals surface area contributed by atoms with E-state index in [1.807, 2.05) is 13.0 Å². The molecule has 2 aromatic heterocycles. The number of hydrogen-bond acceptors (Lipinski definition) is 6. The highest BCUT2D eigenvalue weighted by Gasteiger charge is 2.22. The Balaban J connectivity index is 1.71. The molecule has 0 aliphatic rings. The maximum atomic E-state index is 13.1. The van der Waals surface area contributed by atoms with Gasteiger partial charge in [0.1, 0.15) is 0 Å². The first-order valence-electron chi connectivity index (χ1n) is 9.29. The number of hydrogen-bond donors (Lipinski definition) is 1. The monoisotopic (exact) mass is 504 g/mol. The number of nitrogens with zero attached hydrogens (tertiary/aromatic N) is 5. The molecule has 1 amide bonds. The summed E-state index contributed by atoms with van der Waals surface area (Å²) in [5, 5.41) is 13.1. The van der Waals surface area contributed by atoms with E-state index < -0.39 is 5.91 Å². The maximum absolute atomic E-state index is 13.1. The van der Waals surface area contributed by atoms with E-state index in [-0.39, 0.29) is 5.69 Å². The van der Waals surface area contributed by atoms with Gasteiger partial charge in [0.05, 0.1) is 11.4 Å². The van der Waals surface area contributed by atoms with E-state index in [2.05, 4.69) is 25.6 Å². The molecule has 0 bridgehead atoms. The van der Waals surface area contributed by atoms with E-state index in [4.69, 9.17) is 34.8 Å². The van der Waals surface area contributed by atoms with Gasteiger partial charge >= 0.3 is 0 Å². The molecule has 0 saturated carbocycles. The Bertz CT molecular complexity index is 1260. The highest BCUT2D eigenvalue weighted by atomic mass is 35.5. The van der Waals surface area contributed by atoms with E-state index >= 15 is 0 Å². The molecule has 32 heavy (non-hydrogen) atoms. The summed E-state index contributed by atoms with van der Waals surface area (Å²) >= 11 is 19.8. The van der Waals surface area contributed by atoms with Gasteiger partial charge in [-0.1, -0.05) is 57.8 Å². The zero-order valence-corrected chi connectivity index (χ0v) is 19.7. The highest BCUT2D eigenvalue weighted by Crippen LogP contribution is 2.27. The van der Waals surface area contributed by atoms with E-state index in [9.17, 15) is 4.79 Å². The van der Waals surface area contributed by atoms with Crippen LogP contribution in [0, 0.1) is 6.92 Å². The number of thioether (sulfide) groups is 1. The number of benzene rings is 2. The van der Waals surface area contributed by atoms with Crippen LogP contribution in [-0.4, -0.2) is 30.9 Å². The van der Waals surface area contributed by atoms with Gasteiger partial charge in [-0.25, -0.2) is 14.6 Å². The van der Waals surface area contributed by atoms with Crippen LogP contribution in [0.3, 0.4) is 0 Å². The second-order valence-electron chi connectivity index (χ2n) is 6.66. The predicted octanol–water partition coefficient (Wildman–Crippen LogP) is 5.87. The molecule has 0 atom stereocenters. The molecule has 0 unspecified atom stereocenters. The molecule has 4 rings (SSSR count). The number of halogens is 3. The van der Waals surface area contributed by atoms with Crippen molar-refractivity contribution in [2.24, 2.45) is 0 Å². The van der Waals surface area contributed by atoms with Crippen LogP contribution in [0.4, 0.5) is 5.69 Å². The average molecular weight is 506 g/mol. The zero-order chi connectivity index (χ0) is 22.7. The summed E-state index contributed by atoms with van der Waals surface area (Å²) in [6.45, 7) is 1.88. The Morgan fingerprint density at radius 2 is 1.75 bits per heavy atom. The lowest BCUT2D eigenvalue weighted by molar-refractivity contribution is 0.102. The van der Waals surface area contributed by atoms with E-state index in [0.29, 0.717) is 43.0 Å². The van der Waals surface area contributed by atoms with Crippen LogP contribution in [0.2, 0.25) is 15.1 Å². The molecule has 1 N–H and O–H groups in total. The van der Waals surface area contributed by atoms with Gasteiger partial charge in [0.15, 0.2) is 10.9 Å². The van der Waals surface area contributed by atoms with Gasteiger partial charge in [-0.15, -0.1) is 5.10 Å². The van der Waals surface area contributed by atoms with Gasteiger partial charge in [0, 0.05) is 38.9 Å². The second kappa shape index (κ2) is 9.87. The summed E-state index contributed by atoms with van der Waals surface area (Å²) in [5.74, 6) is -0.0855. The number of aryl methyl sites for hydroxylation is 1. The minimum Gasteiger partial charge on any atom is -0.320 e. The largest absolute Gasteiger partial charge is 0.320 e. The summed E-state index contributed by atoms with van der Waals surface area (Å²) in [6.07, 6.45) is 3.30. The molecule has 11 heteroatoms. The SMILES string of the molecule is Cc1ccc(Cl)cc1NC(=O)c1nnn(-c2cc(Cl)cc(Cl)c2)c1CSc1ncccn1. The van der Waals surface area contributed by atoms with Crippen LogP contribution in [0.15, 0.2) is 60.0 Å². The van der Waals surface area contributed by atoms with Crippen molar-refractivity contribution in [1.82, 2.24) is 25.0 Å². The molecule has 2 heterocycles. The molecule has 162 valence electrons. The van der Waals surface area contributed by atoms with E-state index in [1.165, 1.54) is 16.4 Å². The molecule has 7 nitrogen and oxygen atoms in total. The van der Waals surface area contributed by atoms with E-state index in [1.54, 1.807) is 48.8 Å². The number of rotatable bonds is 6. The Hall–Kier alpha value is -2.65. The predicted molar refractivity (Wildman–Crippen MR) is 127 cm³/mol. The third-order valence-corrected chi connectivity index (χ3v) is 5.96. The topological polar surface area (TPSA) is 85.6 Å². The van der Waals surface area contributed by atoms with Gasteiger partial charge in [-0.05, 0) is 48.9 Å². The summed E-state index contributed by atoms with van der Waals surface area (Å²) in [4.78, 5) is 21.6. The fraction of sp³-hybridized carbons (Fsp3) is 0.0952. The first-order chi connectivity index (χ1) is 15.4. The first-order valence-corrected chi connectivity index (χ1v) is 11.4. The molecule has 0 aliphatic carbocycles. The van der Waals surface area contributed by atoms with Crippen LogP contribution in [-0.2, 0) is 5.75 Å². The lowest BCUT2D eigenvalue weighted by Gasteiger charge is -2.10. The number of carbonyl (C=O) groups excluding carboxylic acids is 1. The van der Waals surface area contributed by atoms with Crippen LogP contribution in [0.5, 0.6) is 0 Å². The lowest BCUT2D eigenvalue weighted by atomic mass is 10.2. The van der Waals surface area contributed by atoms with Crippen molar-refractivity contribution < 1.29 is 4.79 Å². The number of aromatic nitrogens is 5. The van der Waals surface area contributed by atoms with Crippen LogP contribution in [0.1, 0.15) is 21.7 Å². The minimum absolute atomic E-state index is 0.156. The third kappa shape index (κ3) is 5.21. The van der Waals surface area contributed by atoms with Crippen molar-refractivity contribution >= 4 is 58.2 Å². The summed E-state index contributed by atoms with van der Waals surface area (Å²) in [7, 11) is 0. The van der Waals surface area contributed by atoms with Crippen molar-refractivity contribution in [2.45, 2.75) is 17.8 Å². The minimum atomic E-state index is -0.417. The molecule has 2 aromatic carbocycles. The van der Waals surface area contributed by atoms with Crippen molar-refractivity contribution in [3.8, 4) is 5.69 Å². The van der Waals surface area contributed by atoms with Crippen LogP contribution >= 0.6 is 46.6 Å². The summed E-state index contributed by atoms with van der Waals surface area (Å²) in [5.41, 5.74) is 2.73. The van der Waals surface area contributed by atoms with Gasteiger partial charge in [-0.2, -0.15) is 0 Å². The molecular formula is C21H15Cl3N6OS. The van der Waals surface area contributed by atoms with Gasteiger partial charge in [0.25, 0.3) is 5.91 Å². The molecule has 0 spiro atoms. The van der Waals surface area contributed by atoms with Crippen LogP contribution < -0.4 is 5.32 Å². The number of anilines is 1. The zero-order valence-electron chi connectivity index (χ0n) is 16.6. The van der Waals surface area contributed by atoms with Gasteiger partial charge in [-0.3, -0.25) is 4.79 Å².